The summed E-state index contributed by atoms with van der Waals surface area (Å²) in [5.41, 5.74) is 0.0655. The molecule has 0 bridgehead atoms. The maximum Gasteiger partial charge on any atom is 0.257 e. The molecule has 0 aliphatic heterocycles. The molecule has 0 spiro atoms. The van der Waals surface area contributed by atoms with Gasteiger partial charge in [0.25, 0.3) is 16.8 Å². The minimum absolute atomic E-state index is 0.0586. The third-order valence-electron chi connectivity index (χ3n) is 5.26. The average Bonchev–Trinajstić information content (AvgIpc) is 2.78. The predicted octanol–water partition coefficient (Wildman–Crippen LogP) is 4.43. The van der Waals surface area contributed by atoms with Crippen molar-refractivity contribution in [3.63, 3.8) is 0 Å². The van der Waals surface area contributed by atoms with Gasteiger partial charge in [-0.1, -0.05) is 49.6 Å². The highest BCUT2D eigenvalue weighted by Crippen LogP contribution is 2.34. The molecule has 0 saturated heterocycles. The maximum absolute atomic E-state index is 12.4. The lowest BCUT2D eigenvalue weighted by molar-refractivity contribution is 0.0824. The number of carbonyl (C=O) groups is 1. The summed E-state index contributed by atoms with van der Waals surface area (Å²) in [4.78, 5) is 38.3. The van der Waals surface area contributed by atoms with Crippen LogP contribution in [0.2, 0.25) is 5.02 Å². The molecule has 1 amide bonds. The molecule has 1 atom stereocenters. The zero-order chi connectivity index (χ0) is 23.4. The second kappa shape index (κ2) is 9.87. The molecule has 7 nitrogen and oxygen atoms in total. The highest BCUT2D eigenvalue weighted by Gasteiger charge is 2.26. The smallest absolute Gasteiger partial charge is 0.257 e. The van der Waals surface area contributed by atoms with E-state index in [2.05, 4.69) is 17.6 Å². The normalized spacial score (nSPS) is 11.9. The second-order valence-corrected chi connectivity index (χ2v) is 8.27. The number of phenols is 1. The van der Waals surface area contributed by atoms with Gasteiger partial charge in [0.15, 0.2) is 5.75 Å². The largest absolute Gasteiger partial charge is 0.505 e. The van der Waals surface area contributed by atoms with Gasteiger partial charge in [0.05, 0.1) is 17.3 Å². The molecule has 168 valence electrons. The van der Waals surface area contributed by atoms with Crippen LogP contribution < -0.4 is 21.5 Å². The first kappa shape index (κ1) is 23.3. The van der Waals surface area contributed by atoms with Crippen molar-refractivity contribution < 1.29 is 9.90 Å². The number of carbonyl (C=O) groups excluding carboxylic acids is 1. The third-order valence-corrected chi connectivity index (χ3v) is 5.49. The predicted molar refractivity (Wildman–Crippen MR) is 128 cm³/mol. The van der Waals surface area contributed by atoms with Crippen molar-refractivity contribution in [2.75, 3.05) is 24.7 Å². The number of halogens is 1. The first-order valence-electron chi connectivity index (χ1n) is 10.4. The standard InChI is InChI=1S/C24H26ClN3O4/c1-4-5-11-17(14-8-6-9-15(25)13-14)26-19-20(23(31)22(19)30)27-18-12-7-10-16(21(18)29)24(32)28(2)3/h6-10,12-13,17,26-27,29H,4-5,11H2,1-3H3. The Kier molecular flexibility index (Phi) is 7.20. The van der Waals surface area contributed by atoms with Gasteiger partial charge in [0.2, 0.25) is 0 Å². The van der Waals surface area contributed by atoms with Gasteiger partial charge in [-0.15, -0.1) is 0 Å². The lowest BCUT2D eigenvalue weighted by Crippen LogP contribution is -2.37. The highest BCUT2D eigenvalue weighted by molar-refractivity contribution is 6.30. The van der Waals surface area contributed by atoms with Crippen LogP contribution in [0.4, 0.5) is 17.1 Å². The average molecular weight is 456 g/mol. The summed E-state index contributed by atoms with van der Waals surface area (Å²) in [7, 11) is 3.15. The minimum Gasteiger partial charge on any atom is -0.505 e. The molecular weight excluding hydrogens is 430 g/mol. The summed E-state index contributed by atoms with van der Waals surface area (Å²) < 4.78 is 0. The van der Waals surface area contributed by atoms with E-state index in [9.17, 15) is 19.5 Å². The van der Waals surface area contributed by atoms with Gasteiger partial charge >= 0.3 is 0 Å². The van der Waals surface area contributed by atoms with Crippen LogP contribution in [0.3, 0.4) is 0 Å². The summed E-state index contributed by atoms with van der Waals surface area (Å²) in [5, 5.41) is 17.2. The van der Waals surface area contributed by atoms with Gasteiger partial charge in [0, 0.05) is 19.1 Å². The fourth-order valence-electron chi connectivity index (χ4n) is 3.47. The first-order valence-corrected chi connectivity index (χ1v) is 10.8. The fourth-order valence-corrected chi connectivity index (χ4v) is 3.67. The molecule has 3 aromatic carbocycles. The Hall–Kier alpha value is -3.32. The molecule has 3 rings (SSSR count). The molecule has 0 heterocycles. The molecule has 0 radical (unpaired) electrons. The van der Waals surface area contributed by atoms with Crippen molar-refractivity contribution in [3.8, 4) is 5.75 Å². The molecule has 0 fully saturated rings. The van der Waals surface area contributed by atoms with Gasteiger partial charge < -0.3 is 20.6 Å². The molecule has 3 aromatic rings. The quantitative estimate of drug-likeness (QED) is 0.326. The molecule has 32 heavy (non-hydrogen) atoms. The Bertz CT molecular complexity index is 1200. The molecule has 1 unspecified atom stereocenters. The van der Waals surface area contributed by atoms with Crippen molar-refractivity contribution in [2.24, 2.45) is 0 Å². The van der Waals surface area contributed by atoms with E-state index >= 15 is 0 Å². The first-order chi connectivity index (χ1) is 15.2. The number of aromatic hydroxyl groups is 1. The number of unbranched alkanes of at least 4 members (excludes halogenated alkanes) is 1. The van der Waals surface area contributed by atoms with Gasteiger partial charge in [-0.2, -0.15) is 0 Å². The summed E-state index contributed by atoms with van der Waals surface area (Å²) in [6.07, 6.45) is 2.63. The van der Waals surface area contributed by atoms with E-state index in [0.717, 1.165) is 24.8 Å². The van der Waals surface area contributed by atoms with E-state index in [0.29, 0.717) is 5.02 Å². The lowest BCUT2D eigenvalue weighted by Gasteiger charge is -2.23. The van der Waals surface area contributed by atoms with Crippen LogP contribution >= 0.6 is 11.6 Å². The number of nitrogens with one attached hydrogen (secondary N) is 2. The van der Waals surface area contributed by atoms with Gasteiger partial charge in [-0.25, -0.2) is 0 Å². The number of para-hydroxylation sites is 1. The summed E-state index contributed by atoms with van der Waals surface area (Å²) in [6.45, 7) is 2.07. The highest BCUT2D eigenvalue weighted by atomic mass is 35.5. The van der Waals surface area contributed by atoms with Crippen molar-refractivity contribution in [1.29, 1.82) is 0 Å². The minimum atomic E-state index is -0.684. The van der Waals surface area contributed by atoms with Gasteiger partial charge in [-0.3, -0.25) is 14.4 Å². The van der Waals surface area contributed by atoms with Crippen molar-refractivity contribution in [3.05, 3.63) is 79.1 Å². The van der Waals surface area contributed by atoms with Gasteiger partial charge in [-0.05, 0) is 36.2 Å². The SMILES string of the molecule is CCCCC(Nc1c(Nc2cccc(C(=O)N(C)C)c2O)c(=O)c1=O)c1cccc(Cl)c1. The number of hydrogen-bond acceptors (Lipinski definition) is 6. The molecular formula is C24H26ClN3O4. The number of nitrogens with zero attached hydrogens (tertiary/aromatic N) is 1. The van der Waals surface area contributed by atoms with E-state index in [4.69, 9.17) is 11.6 Å². The van der Waals surface area contributed by atoms with Gasteiger partial charge in [0.1, 0.15) is 11.4 Å². The lowest BCUT2D eigenvalue weighted by atomic mass is 10.00. The summed E-state index contributed by atoms with van der Waals surface area (Å²) >= 11 is 6.14. The van der Waals surface area contributed by atoms with E-state index in [1.807, 2.05) is 18.2 Å². The molecule has 0 saturated carbocycles. The van der Waals surface area contributed by atoms with Crippen LogP contribution in [-0.4, -0.2) is 30.0 Å². The number of benzene rings is 2. The number of hydrogen-bond donors (Lipinski definition) is 3. The monoisotopic (exact) mass is 455 g/mol. The van der Waals surface area contributed by atoms with E-state index < -0.39 is 10.9 Å². The fraction of sp³-hybridized carbons (Fsp3) is 0.292. The Morgan fingerprint density at radius 2 is 1.78 bits per heavy atom. The van der Waals surface area contributed by atoms with Crippen molar-refractivity contribution in [1.82, 2.24) is 4.90 Å². The topological polar surface area (TPSA) is 98.7 Å². The van der Waals surface area contributed by atoms with Crippen molar-refractivity contribution in [2.45, 2.75) is 32.2 Å². The summed E-state index contributed by atoms with van der Waals surface area (Å²) in [6, 6.07) is 11.8. The number of rotatable bonds is 9. The molecule has 0 aliphatic rings. The Labute approximate surface area is 191 Å². The van der Waals surface area contributed by atoms with E-state index in [1.54, 1.807) is 26.2 Å². The molecule has 8 heteroatoms. The Morgan fingerprint density at radius 3 is 2.44 bits per heavy atom. The van der Waals surface area contributed by atoms with Crippen LogP contribution in [0.25, 0.3) is 0 Å². The van der Waals surface area contributed by atoms with Crippen LogP contribution in [0.5, 0.6) is 5.75 Å². The number of phenolic OH excluding ortho intramolecular Hbond substituents is 1. The molecule has 0 aliphatic carbocycles. The van der Waals surface area contributed by atoms with Crippen molar-refractivity contribution >= 4 is 34.6 Å². The Morgan fingerprint density at radius 1 is 1.09 bits per heavy atom. The van der Waals surface area contributed by atoms with E-state index in [1.165, 1.54) is 17.0 Å². The zero-order valence-electron chi connectivity index (χ0n) is 18.2. The maximum atomic E-state index is 12.4. The number of anilines is 3. The zero-order valence-corrected chi connectivity index (χ0v) is 19.0. The molecule has 0 aromatic heterocycles. The van der Waals surface area contributed by atoms with Crippen LogP contribution in [0.1, 0.15) is 48.1 Å². The third kappa shape index (κ3) is 4.78. The molecule has 3 N–H and O–H groups in total. The summed E-state index contributed by atoms with van der Waals surface area (Å²) in [5.74, 6) is -0.669. The van der Waals surface area contributed by atoms with Crippen LogP contribution in [-0.2, 0) is 0 Å². The number of amides is 1. The van der Waals surface area contributed by atoms with E-state index in [-0.39, 0.29) is 40.3 Å². The second-order valence-electron chi connectivity index (χ2n) is 7.83. The van der Waals surface area contributed by atoms with Crippen LogP contribution in [0, 0.1) is 0 Å². The van der Waals surface area contributed by atoms with Crippen LogP contribution in [0.15, 0.2) is 52.1 Å². The Balaban J connectivity index is 1.92.